The molecule has 266 valence electrons. The second-order valence-corrected chi connectivity index (χ2v) is 14.6. The molecule has 0 aliphatic rings. The first kappa shape index (κ1) is 33.7. The van der Waals surface area contributed by atoms with Crippen molar-refractivity contribution in [2.75, 3.05) is 0 Å². The summed E-state index contributed by atoms with van der Waals surface area (Å²) < 4.78 is 52.6. The first-order valence-electron chi connectivity index (χ1n) is 18.3. The van der Waals surface area contributed by atoms with Crippen molar-refractivity contribution < 1.29 is 17.6 Å². The van der Waals surface area contributed by atoms with Crippen molar-refractivity contribution in [1.82, 2.24) is 9.55 Å². The number of para-hydroxylation sites is 3. The summed E-state index contributed by atoms with van der Waals surface area (Å²) in [5, 5.41) is 2.79. The maximum atomic E-state index is 14.5. The van der Waals surface area contributed by atoms with Crippen LogP contribution in [0.1, 0.15) is 56.2 Å². The van der Waals surface area contributed by atoms with Gasteiger partial charge >= 0.3 is 6.18 Å². The summed E-state index contributed by atoms with van der Waals surface area (Å²) in [6, 6.07) is 44.6. The molecule has 9 rings (SSSR count). The number of imidazole rings is 1. The van der Waals surface area contributed by atoms with Crippen LogP contribution in [0.3, 0.4) is 0 Å². The molecule has 0 aliphatic carbocycles. The van der Waals surface area contributed by atoms with Crippen molar-refractivity contribution in [2.24, 2.45) is 0 Å². The lowest BCUT2D eigenvalue weighted by Crippen LogP contribution is -2.09. The van der Waals surface area contributed by atoms with Gasteiger partial charge in [0.2, 0.25) is 0 Å². The zero-order valence-corrected chi connectivity index (χ0v) is 30.4. The van der Waals surface area contributed by atoms with E-state index in [1.165, 1.54) is 28.3 Å². The minimum atomic E-state index is -4.53. The van der Waals surface area contributed by atoms with Crippen molar-refractivity contribution >= 4 is 43.7 Å². The summed E-state index contributed by atoms with van der Waals surface area (Å²) in [6.45, 7) is 8.93. The van der Waals surface area contributed by atoms with Crippen LogP contribution in [-0.2, 0) is 6.18 Å². The molecule has 0 saturated heterocycles. The van der Waals surface area contributed by atoms with Gasteiger partial charge in [0.05, 0.1) is 27.8 Å². The monoisotopic (exact) mass is 714 g/mol. The maximum absolute atomic E-state index is 14.5. The summed E-state index contributed by atoms with van der Waals surface area (Å²) in [5.74, 6) is 1.14. The number of halogens is 3. The van der Waals surface area contributed by atoms with E-state index >= 15 is 0 Å². The summed E-state index contributed by atoms with van der Waals surface area (Å²) in [4.78, 5) is 5.29. The molecule has 0 N–H and O–H groups in total. The van der Waals surface area contributed by atoms with Gasteiger partial charge in [-0.25, -0.2) is 4.98 Å². The van der Waals surface area contributed by atoms with E-state index in [1.54, 1.807) is 42.5 Å². The lowest BCUT2D eigenvalue weighted by Gasteiger charge is -2.24. The predicted octanol–water partition coefficient (Wildman–Crippen LogP) is 14.3. The molecule has 9 aromatic rings. The van der Waals surface area contributed by atoms with Gasteiger partial charge in [0, 0.05) is 16.2 Å². The average molecular weight is 715 g/mol. The SMILES string of the molecule is CC(C)c1cc(-c2ccccc2)cc(C(C)C)c1-n1c(-c2cccc3c2oc2c4cc(-c5ccccc5)c(C(F)(F)F)cc4ccc32)nc2ccccc21. The number of aromatic nitrogens is 2. The second kappa shape index (κ2) is 12.8. The number of hydrogen-bond donors (Lipinski definition) is 0. The van der Waals surface area contributed by atoms with Crippen LogP contribution in [0.15, 0.2) is 144 Å². The molecule has 7 aromatic carbocycles. The van der Waals surface area contributed by atoms with Crippen molar-refractivity contribution in [1.29, 1.82) is 0 Å². The Labute approximate surface area is 311 Å². The van der Waals surface area contributed by atoms with E-state index in [0.717, 1.165) is 38.9 Å². The van der Waals surface area contributed by atoms with Gasteiger partial charge in [0.25, 0.3) is 0 Å². The molecule has 0 saturated carbocycles. The Morgan fingerprint density at radius 2 is 1.19 bits per heavy atom. The van der Waals surface area contributed by atoms with Crippen molar-refractivity contribution in [3.8, 4) is 39.3 Å². The van der Waals surface area contributed by atoms with Crippen molar-refractivity contribution in [2.45, 2.75) is 45.7 Å². The van der Waals surface area contributed by atoms with Gasteiger partial charge in [-0.1, -0.05) is 119 Å². The van der Waals surface area contributed by atoms with Gasteiger partial charge in [0.1, 0.15) is 17.0 Å². The number of hydrogen-bond acceptors (Lipinski definition) is 2. The lowest BCUT2D eigenvalue weighted by molar-refractivity contribution is -0.137. The molecule has 0 fully saturated rings. The Balaban J connectivity index is 1.34. The summed E-state index contributed by atoms with van der Waals surface area (Å²) in [6.07, 6.45) is -4.53. The Bertz CT molecular complexity index is 2830. The highest BCUT2D eigenvalue weighted by Gasteiger charge is 2.34. The molecule has 0 bridgehead atoms. The van der Waals surface area contributed by atoms with E-state index in [1.807, 2.05) is 48.5 Å². The standard InChI is InChI=1S/C48H37F3N2O/c1-28(2)37-24-33(30-14-7-5-8-15-30)25-38(29(3)4)44(37)53-43-21-12-11-20-42(43)52-47(53)36-19-13-18-34-35-23-22-32-26-41(48(49,50)51)39(31-16-9-6-10-17-31)27-40(32)46(35)54-45(34)36/h5-29H,1-4H3. The molecular weight excluding hydrogens is 678 g/mol. The minimum Gasteiger partial charge on any atom is -0.455 e. The largest absolute Gasteiger partial charge is 0.455 e. The van der Waals surface area contributed by atoms with Gasteiger partial charge in [-0.2, -0.15) is 13.2 Å². The smallest absolute Gasteiger partial charge is 0.417 e. The van der Waals surface area contributed by atoms with Gasteiger partial charge in [-0.05, 0) is 99.1 Å². The number of nitrogens with zero attached hydrogens (tertiary/aromatic N) is 2. The molecule has 0 atom stereocenters. The highest BCUT2D eigenvalue weighted by Crippen LogP contribution is 2.45. The molecule has 6 heteroatoms. The van der Waals surface area contributed by atoms with Crippen molar-refractivity contribution in [3.63, 3.8) is 0 Å². The third kappa shape index (κ3) is 5.47. The van der Waals surface area contributed by atoms with E-state index in [-0.39, 0.29) is 17.4 Å². The molecule has 3 nitrogen and oxygen atoms in total. The molecule has 0 spiro atoms. The van der Waals surface area contributed by atoms with E-state index < -0.39 is 11.7 Å². The molecule has 0 amide bonds. The normalized spacial score (nSPS) is 12.3. The number of furan rings is 1. The Morgan fingerprint density at radius 1 is 0.556 bits per heavy atom. The summed E-state index contributed by atoms with van der Waals surface area (Å²) in [5.41, 5.74) is 9.62. The molecule has 2 heterocycles. The third-order valence-electron chi connectivity index (χ3n) is 10.6. The topological polar surface area (TPSA) is 31.0 Å². The average Bonchev–Trinajstić information content (AvgIpc) is 3.76. The molecule has 0 unspecified atom stereocenters. The summed E-state index contributed by atoms with van der Waals surface area (Å²) >= 11 is 0. The van der Waals surface area contributed by atoms with Gasteiger partial charge < -0.3 is 4.42 Å². The van der Waals surface area contributed by atoms with Crippen LogP contribution in [-0.4, -0.2) is 9.55 Å². The van der Waals surface area contributed by atoms with Crippen LogP contribution in [0, 0.1) is 0 Å². The van der Waals surface area contributed by atoms with E-state index in [2.05, 4.69) is 74.7 Å². The lowest BCUT2D eigenvalue weighted by atomic mass is 9.88. The Kier molecular flexibility index (Phi) is 7.96. The first-order valence-corrected chi connectivity index (χ1v) is 18.3. The quantitative estimate of drug-likeness (QED) is 0.172. The fourth-order valence-corrected chi connectivity index (χ4v) is 7.94. The fraction of sp³-hybridized carbons (Fsp3) is 0.146. The van der Waals surface area contributed by atoms with Gasteiger partial charge in [-0.3, -0.25) is 4.57 Å². The van der Waals surface area contributed by atoms with Crippen LogP contribution in [0.25, 0.3) is 83.1 Å². The summed E-state index contributed by atoms with van der Waals surface area (Å²) in [7, 11) is 0. The van der Waals surface area contributed by atoms with Crippen LogP contribution in [0.2, 0.25) is 0 Å². The van der Waals surface area contributed by atoms with Crippen LogP contribution in [0.5, 0.6) is 0 Å². The highest BCUT2D eigenvalue weighted by molar-refractivity contribution is 6.18. The predicted molar refractivity (Wildman–Crippen MR) is 215 cm³/mol. The van der Waals surface area contributed by atoms with Crippen LogP contribution in [0.4, 0.5) is 13.2 Å². The zero-order chi connectivity index (χ0) is 37.3. The van der Waals surface area contributed by atoms with Crippen LogP contribution >= 0.6 is 0 Å². The molecular formula is C48H37F3N2O. The zero-order valence-electron chi connectivity index (χ0n) is 30.4. The van der Waals surface area contributed by atoms with E-state index in [0.29, 0.717) is 27.5 Å². The number of rotatable bonds is 6. The van der Waals surface area contributed by atoms with Crippen LogP contribution < -0.4 is 0 Å². The van der Waals surface area contributed by atoms with E-state index in [4.69, 9.17) is 9.40 Å². The Morgan fingerprint density at radius 3 is 1.85 bits per heavy atom. The molecule has 54 heavy (non-hydrogen) atoms. The first-order chi connectivity index (χ1) is 26.1. The minimum absolute atomic E-state index is 0.118. The second-order valence-electron chi connectivity index (χ2n) is 14.6. The fourth-order valence-electron chi connectivity index (χ4n) is 7.94. The maximum Gasteiger partial charge on any atom is 0.417 e. The molecule has 0 radical (unpaired) electrons. The number of fused-ring (bicyclic) bond motifs is 6. The highest BCUT2D eigenvalue weighted by atomic mass is 19.4. The number of benzene rings is 7. The Hall–Kier alpha value is -6.14. The third-order valence-corrected chi connectivity index (χ3v) is 10.6. The van der Waals surface area contributed by atoms with Gasteiger partial charge in [-0.15, -0.1) is 0 Å². The van der Waals surface area contributed by atoms with Gasteiger partial charge in [0.15, 0.2) is 0 Å². The van der Waals surface area contributed by atoms with E-state index in [9.17, 15) is 13.2 Å². The van der Waals surface area contributed by atoms with Crippen molar-refractivity contribution in [3.05, 3.63) is 156 Å². The number of alkyl halides is 3. The molecule has 0 aliphatic heterocycles. The molecule has 2 aromatic heterocycles.